The highest BCUT2D eigenvalue weighted by Gasteiger charge is 2.13. The van der Waals surface area contributed by atoms with Gasteiger partial charge in [-0.2, -0.15) is 0 Å². The second-order valence-corrected chi connectivity index (χ2v) is 6.03. The summed E-state index contributed by atoms with van der Waals surface area (Å²) in [7, 11) is 1.45. The molecule has 0 aliphatic carbocycles. The Bertz CT molecular complexity index is 817. The number of benzene rings is 2. The maximum Gasteiger partial charge on any atom is 0.231 e. The van der Waals surface area contributed by atoms with Crippen molar-refractivity contribution in [2.24, 2.45) is 4.99 Å². The number of guanidine groups is 1. The second-order valence-electron chi connectivity index (χ2n) is 6.03. The number of halogens is 2. The van der Waals surface area contributed by atoms with Gasteiger partial charge >= 0.3 is 0 Å². The fraction of sp³-hybridized carbons (Fsp3) is 0.350. The molecule has 152 valence electrons. The lowest BCUT2D eigenvalue weighted by atomic mass is 10.1. The van der Waals surface area contributed by atoms with Crippen LogP contribution in [0.2, 0.25) is 0 Å². The smallest absolute Gasteiger partial charge is 0.231 e. The molecule has 0 spiro atoms. The summed E-state index contributed by atoms with van der Waals surface area (Å²) in [6.07, 6.45) is 0.818. The summed E-state index contributed by atoms with van der Waals surface area (Å²) in [5.74, 6) is 2.11. The lowest BCUT2D eigenvalue weighted by Crippen LogP contribution is -2.38. The van der Waals surface area contributed by atoms with Crippen molar-refractivity contribution >= 4 is 29.9 Å². The number of fused-ring (bicyclic) bond motifs is 1. The summed E-state index contributed by atoms with van der Waals surface area (Å²) in [4.78, 5) is 4.51. The second kappa shape index (κ2) is 10.9. The Morgan fingerprint density at radius 1 is 1.11 bits per heavy atom. The fourth-order valence-corrected chi connectivity index (χ4v) is 2.74. The summed E-state index contributed by atoms with van der Waals surface area (Å²) in [6, 6.07) is 10.8. The highest BCUT2D eigenvalue weighted by Crippen LogP contribution is 2.32. The molecule has 0 saturated carbocycles. The SMILES string of the molecule is CCNC(=NCc1ccc(OC)c(F)c1)NCCc1ccc2c(c1)OCO2.I. The van der Waals surface area contributed by atoms with E-state index in [4.69, 9.17) is 14.2 Å². The number of nitrogens with one attached hydrogen (secondary N) is 2. The molecule has 2 aromatic carbocycles. The third kappa shape index (κ3) is 5.88. The first-order chi connectivity index (χ1) is 13.2. The first-order valence-corrected chi connectivity index (χ1v) is 8.92. The molecule has 3 rings (SSSR count). The van der Waals surface area contributed by atoms with Crippen LogP contribution in [0, 0.1) is 5.82 Å². The molecule has 0 radical (unpaired) electrons. The van der Waals surface area contributed by atoms with Gasteiger partial charge in [0, 0.05) is 13.1 Å². The first kappa shape index (κ1) is 22.1. The Hall–Kier alpha value is -2.23. The van der Waals surface area contributed by atoms with Gasteiger partial charge in [-0.1, -0.05) is 12.1 Å². The van der Waals surface area contributed by atoms with E-state index in [9.17, 15) is 4.39 Å². The molecule has 1 heterocycles. The van der Waals surface area contributed by atoms with Crippen LogP contribution in [0.4, 0.5) is 4.39 Å². The van der Waals surface area contributed by atoms with E-state index in [1.54, 1.807) is 6.07 Å². The zero-order chi connectivity index (χ0) is 19.1. The van der Waals surface area contributed by atoms with E-state index >= 15 is 0 Å². The molecule has 6 nitrogen and oxygen atoms in total. The lowest BCUT2D eigenvalue weighted by molar-refractivity contribution is 0.174. The van der Waals surface area contributed by atoms with Crippen molar-refractivity contribution in [1.29, 1.82) is 0 Å². The van der Waals surface area contributed by atoms with Crippen LogP contribution in [-0.2, 0) is 13.0 Å². The van der Waals surface area contributed by atoms with E-state index < -0.39 is 0 Å². The number of methoxy groups -OCH3 is 1. The number of aliphatic imine (C=N–C) groups is 1. The molecule has 0 unspecified atom stereocenters. The summed E-state index contributed by atoms with van der Waals surface area (Å²) in [5, 5.41) is 6.49. The molecule has 0 bridgehead atoms. The average molecular weight is 501 g/mol. The van der Waals surface area contributed by atoms with Crippen LogP contribution in [0.1, 0.15) is 18.1 Å². The molecule has 0 aromatic heterocycles. The lowest BCUT2D eigenvalue weighted by Gasteiger charge is -2.12. The summed E-state index contributed by atoms with van der Waals surface area (Å²) in [5.41, 5.74) is 1.93. The molecule has 1 aliphatic rings. The Kier molecular flexibility index (Phi) is 8.62. The van der Waals surface area contributed by atoms with Crippen molar-refractivity contribution in [2.45, 2.75) is 19.9 Å². The molecule has 8 heteroatoms. The summed E-state index contributed by atoms with van der Waals surface area (Å²) < 4.78 is 29.4. The van der Waals surface area contributed by atoms with Crippen LogP contribution < -0.4 is 24.8 Å². The van der Waals surface area contributed by atoms with Gasteiger partial charge < -0.3 is 24.8 Å². The third-order valence-corrected chi connectivity index (χ3v) is 4.12. The maximum atomic E-state index is 13.8. The van der Waals surface area contributed by atoms with E-state index in [0.717, 1.165) is 35.6 Å². The van der Waals surface area contributed by atoms with E-state index in [-0.39, 0.29) is 42.3 Å². The van der Waals surface area contributed by atoms with Gasteiger partial charge in [0.1, 0.15) is 0 Å². The minimum Gasteiger partial charge on any atom is -0.494 e. The number of ether oxygens (including phenoxy) is 3. The van der Waals surface area contributed by atoms with Gasteiger partial charge in [-0.05, 0) is 48.7 Å². The molecule has 0 amide bonds. The molecule has 0 atom stereocenters. The predicted molar refractivity (Wildman–Crippen MR) is 117 cm³/mol. The predicted octanol–water partition coefficient (Wildman–Crippen LogP) is 3.48. The Morgan fingerprint density at radius 3 is 2.64 bits per heavy atom. The normalized spacial score (nSPS) is 12.3. The van der Waals surface area contributed by atoms with Gasteiger partial charge in [0.2, 0.25) is 6.79 Å². The van der Waals surface area contributed by atoms with Crippen LogP contribution in [0.3, 0.4) is 0 Å². The molecular weight excluding hydrogens is 476 g/mol. The third-order valence-electron chi connectivity index (χ3n) is 4.12. The summed E-state index contributed by atoms with van der Waals surface area (Å²) in [6.45, 7) is 4.11. The van der Waals surface area contributed by atoms with Crippen molar-refractivity contribution < 1.29 is 18.6 Å². The molecule has 2 N–H and O–H groups in total. The van der Waals surface area contributed by atoms with Gasteiger partial charge in [-0.25, -0.2) is 9.38 Å². The van der Waals surface area contributed by atoms with E-state index in [1.807, 2.05) is 31.2 Å². The number of hydrogen-bond acceptors (Lipinski definition) is 4. The van der Waals surface area contributed by atoms with E-state index in [2.05, 4.69) is 15.6 Å². The highest BCUT2D eigenvalue weighted by molar-refractivity contribution is 14.0. The molecule has 0 saturated heterocycles. The van der Waals surface area contributed by atoms with Crippen LogP contribution in [0.15, 0.2) is 41.4 Å². The van der Waals surface area contributed by atoms with Crippen molar-refractivity contribution in [2.75, 3.05) is 27.0 Å². The molecule has 28 heavy (non-hydrogen) atoms. The van der Waals surface area contributed by atoms with Gasteiger partial charge in [0.25, 0.3) is 0 Å². The highest BCUT2D eigenvalue weighted by atomic mass is 127. The quantitative estimate of drug-likeness (QED) is 0.346. The zero-order valence-electron chi connectivity index (χ0n) is 16.0. The molecule has 0 fully saturated rings. The Balaban J connectivity index is 0.00000280. The zero-order valence-corrected chi connectivity index (χ0v) is 18.3. The maximum absolute atomic E-state index is 13.8. The summed E-state index contributed by atoms with van der Waals surface area (Å²) >= 11 is 0. The van der Waals surface area contributed by atoms with Crippen molar-refractivity contribution in [3.63, 3.8) is 0 Å². The minimum absolute atomic E-state index is 0. The number of hydrogen-bond donors (Lipinski definition) is 2. The van der Waals surface area contributed by atoms with Crippen LogP contribution in [0.5, 0.6) is 17.2 Å². The topological polar surface area (TPSA) is 64.1 Å². The van der Waals surface area contributed by atoms with Crippen molar-refractivity contribution in [1.82, 2.24) is 10.6 Å². The van der Waals surface area contributed by atoms with Crippen molar-refractivity contribution in [3.8, 4) is 17.2 Å². The van der Waals surface area contributed by atoms with Crippen molar-refractivity contribution in [3.05, 3.63) is 53.3 Å². The number of rotatable bonds is 7. The van der Waals surface area contributed by atoms with Crippen LogP contribution in [0.25, 0.3) is 0 Å². The van der Waals surface area contributed by atoms with Gasteiger partial charge in [0.05, 0.1) is 13.7 Å². The van der Waals surface area contributed by atoms with Gasteiger partial charge in [0.15, 0.2) is 29.0 Å². The molecule has 1 aliphatic heterocycles. The first-order valence-electron chi connectivity index (χ1n) is 8.92. The van der Waals surface area contributed by atoms with E-state index in [1.165, 1.54) is 13.2 Å². The molecule has 2 aromatic rings. The fourth-order valence-electron chi connectivity index (χ4n) is 2.74. The molecular formula is C20H25FIN3O3. The van der Waals surface area contributed by atoms with Gasteiger partial charge in [-0.3, -0.25) is 0 Å². The monoisotopic (exact) mass is 501 g/mol. The average Bonchev–Trinajstić information content (AvgIpc) is 3.14. The minimum atomic E-state index is -0.383. The van der Waals surface area contributed by atoms with E-state index in [0.29, 0.717) is 19.0 Å². The largest absolute Gasteiger partial charge is 0.494 e. The number of nitrogens with zero attached hydrogens (tertiary/aromatic N) is 1. The Labute approximate surface area is 181 Å². The Morgan fingerprint density at radius 2 is 1.89 bits per heavy atom. The standard InChI is InChI=1S/C20H24FN3O3.HI/c1-3-22-20(24-12-15-5-6-17(25-2)16(21)10-15)23-9-8-14-4-7-18-19(11-14)27-13-26-18;/h4-7,10-11H,3,8-9,12-13H2,1-2H3,(H2,22,23,24);1H. The van der Waals surface area contributed by atoms with Gasteiger partial charge in [-0.15, -0.1) is 24.0 Å². The van der Waals surface area contributed by atoms with Crippen LogP contribution >= 0.6 is 24.0 Å². The van der Waals surface area contributed by atoms with Crippen LogP contribution in [-0.4, -0.2) is 33.0 Å².